The number of aliphatic hydroxyl groups is 2. The highest BCUT2D eigenvalue weighted by atomic mass is 127. The Morgan fingerprint density at radius 3 is 2.60 bits per heavy atom. The number of nitrogens with one attached hydrogen (secondary N) is 1. The molecule has 0 aliphatic carbocycles. The molecule has 1 aliphatic rings. The minimum atomic E-state index is -2.76. The van der Waals surface area contributed by atoms with E-state index in [1.54, 1.807) is 36.4 Å². The van der Waals surface area contributed by atoms with Crippen molar-refractivity contribution in [2.75, 3.05) is 25.6 Å². The standard InChI is InChI=1S/C37H41FIN6O9P/c1-20(32(47)52-19-36(2,3)4)44-55(49)54-28-24-10-8-7-9-22(24)13-16-25(28)51-18-26-29(46)37(5,48)33(53-26)45-30-27(41-34(45)39)31(50-6)43-35(42-30)40-17-21-11-14-23(38)15-12-21/h7-16,20,26,29,33,46,48H,17-19H2,1-6H3,(H,40,42,43)/t20-,26+,29+,33+,37+/m0/s1. The van der Waals surface area contributed by atoms with E-state index in [0.29, 0.717) is 14.7 Å². The number of imidazole rings is 1. The van der Waals surface area contributed by atoms with Crippen LogP contribution in [0.2, 0.25) is 0 Å². The number of hydrogen-bond donors (Lipinski definition) is 3. The molecule has 5 aromatic rings. The molecule has 2 aromatic heterocycles. The lowest BCUT2D eigenvalue weighted by atomic mass is 9.96. The molecule has 0 amide bonds. The summed E-state index contributed by atoms with van der Waals surface area (Å²) in [4.78, 5) is 39.3. The topological polar surface area (TPSA) is 195 Å². The quantitative estimate of drug-likeness (QED) is 0.0569. The van der Waals surface area contributed by atoms with Gasteiger partial charge in [-0.3, -0.25) is 9.09 Å². The molecule has 0 radical (unpaired) electrons. The number of halogens is 2. The van der Waals surface area contributed by atoms with E-state index in [9.17, 15) is 24.3 Å². The number of carbonyl (C=O) groups excluding carboxylic acids is 1. The smallest absolute Gasteiger partial charge is 0.395 e. The van der Waals surface area contributed by atoms with Crippen LogP contribution in [0.5, 0.6) is 17.4 Å². The van der Waals surface area contributed by atoms with Crippen LogP contribution in [0.4, 0.5) is 10.3 Å². The molecule has 1 fully saturated rings. The van der Waals surface area contributed by atoms with Gasteiger partial charge in [0.15, 0.2) is 33.0 Å². The summed E-state index contributed by atoms with van der Waals surface area (Å²) in [6.07, 6.45) is -3.73. The van der Waals surface area contributed by atoms with Crippen LogP contribution in [0.3, 0.4) is 0 Å². The van der Waals surface area contributed by atoms with E-state index >= 15 is 0 Å². The summed E-state index contributed by atoms with van der Waals surface area (Å²) in [5, 5.41) is 27.6. The van der Waals surface area contributed by atoms with Crippen molar-refractivity contribution in [1.29, 1.82) is 0 Å². The fraction of sp³-hybridized carbons (Fsp3) is 0.405. The van der Waals surface area contributed by atoms with Crippen molar-refractivity contribution in [2.24, 2.45) is 10.2 Å². The van der Waals surface area contributed by atoms with E-state index in [0.717, 1.165) is 10.9 Å². The fourth-order valence-electron chi connectivity index (χ4n) is 5.79. The van der Waals surface area contributed by atoms with Crippen molar-refractivity contribution >= 4 is 64.6 Å². The zero-order chi connectivity index (χ0) is 39.7. The van der Waals surface area contributed by atoms with E-state index in [-0.39, 0.29) is 60.0 Å². The number of fused-ring (bicyclic) bond motifs is 2. The molecule has 0 saturated carbocycles. The van der Waals surface area contributed by atoms with Crippen LogP contribution < -0.4 is 24.2 Å². The highest BCUT2D eigenvalue weighted by molar-refractivity contribution is 14.1. The zero-order valence-corrected chi connectivity index (χ0v) is 33.9. The van der Waals surface area contributed by atoms with E-state index in [2.05, 4.69) is 25.0 Å². The number of hydrogen-bond acceptors (Lipinski definition) is 14. The predicted molar refractivity (Wildman–Crippen MR) is 208 cm³/mol. The summed E-state index contributed by atoms with van der Waals surface area (Å²) >= 11 is 1.97. The van der Waals surface area contributed by atoms with Gasteiger partial charge in [-0.1, -0.05) is 68.0 Å². The number of carbonyl (C=O) groups is 1. The molecular formula is C37H41FIN6O9P. The summed E-state index contributed by atoms with van der Waals surface area (Å²) in [5.41, 5.74) is -0.793. The van der Waals surface area contributed by atoms with E-state index in [4.69, 9.17) is 23.5 Å². The molecule has 55 heavy (non-hydrogen) atoms. The van der Waals surface area contributed by atoms with Crippen LogP contribution in [0, 0.1) is 15.1 Å². The third-order valence-electron chi connectivity index (χ3n) is 8.68. The van der Waals surface area contributed by atoms with E-state index in [1.807, 2.05) is 55.5 Å². The molecule has 1 saturated heterocycles. The maximum atomic E-state index is 13.4. The molecule has 0 spiro atoms. The van der Waals surface area contributed by atoms with Crippen molar-refractivity contribution in [3.05, 3.63) is 75.9 Å². The van der Waals surface area contributed by atoms with Crippen LogP contribution >= 0.6 is 30.8 Å². The lowest BCUT2D eigenvalue weighted by molar-refractivity contribution is -0.169. The first-order chi connectivity index (χ1) is 26.0. The molecule has 1 unspecified atom stereocenters. The van der Waals surface area contributed by atoms with Gasteiger partial charge in [-0.05, 0) is 48.4 Å². The number of anilines is 1. The van der Waals surface area contributed by atoms with Crippen molar-refractivity contribution in [1.82, 2.24) is 19.5 Å². The van der Waals surface area contributed by atoms with Crippen molar-refractivity contribution in [2.45, 2.75) is 71.2 Å². The number of nitrogens with zero attached hydrogens (tertiary/aromatic N) is 5. The highest BCUT2D eigenvalue weighted by Gasteiger charge is 2.54. The third-order valence-corrected chi connectivity index (χ3v) is 10.3. The molecule has 1 aliphatic heterocycles. The van der Waals surface area contributed by atoms with Gasteiger partial charge in [0.1, 0.15) is 30.2 Å². The number of aromatic nitrogens is 4. The average molecular weight is 891 g/mol. The third kappa shape index (κ3) is 9.08. The maximum Gasteiger partial charge on any atom is 0.395 e. The van der Waals surface area contributed by atoms with Crippen LogP contribution in [-0.2, 0) is 20.8 Å². The van der Waals surface area contributed by atoms with Gasteiger partial charge >= 0.3 is 14.1 Å². The Hall–Kier alpha value is -4.26. The molecule has 3 aromatic carbocycles. The summed E-state index contributed by atoms with van der Waals surface area (Å²) in [7, 11) is -1.32. The number of aliphatic hydroxyl groups excluding tert-OH is 1. The minimum Gasteiger partial charge on any atom is -0.575 e. The SMILES string of the molecule is COc1nc(NCc2ccc(F)cc2)nc2c1nc(I)n2[C@@H]1O[C@H](COc2ccc3ccccc3c2O[P+]([O-])=N[C@@H](C)C(=O)OCC(C)(C)C)[C@@H](O)[C@@]1(C)O. The molecule has 15 nitrogen and oxygen atoms in total. The van der Waals surface area contributed by atoms with Gasteiger partial charge in [-0.15, -0.1) is 0 Å². The fourth-order valence-corrected chi connectivity index (χ4v) is 7.28. The van der Waals surface area contributed by atoms with Gasteiger partial charge in [-0.25, -0.2) is 14.2 Å². The number of methoxy groups -OCH3 is 1. The normalized spacial score (nSPS) is 20.8. The predicted octanol–water partition coefficient (Wildman–Crippen LogP) is 5.64. The molecular weight excluding hydrogens is 849 g/mol. The molecule has 292 valence electrons. The van der Waals surface area contributed by atoms with Crippen molar-refractivity contribution < 1.29 is 47.8 Å². The molecule has 18 heteroatoms. The van der Waals surface area contributed by atoms with Gasteiger partial charge in [-0.2, -0.15) is 9.97 Å². The van der Waals surface area contributed by atoms with Gasteiger partial charge in [0, 0.05) is 34.5 Å². The molecule has 0 bridgehead atoms. The maximum absolute atomic E-state index is 13.4. The summed E-state index contributed by atoms with van der Waals surface area (Å²) in [6, 6.07) is 15.5. The largest absolute Gasteiger partial charge is 0.575 e. The Kier molecular flexibility index (Phi) is 12.1. The molecule has 3 heterocycles. The molecule has 6 atom stereocenters. The lowest BCUT2D eigenvalue weighted by Crippen LogP contribution is -2.45. The molecule has 6 rings (SSSR count). The highest BCUT2D eigenvalue weighted by Crippen LogP contribution is 2.44. The van der Waals surface area contributed by atoms with Crippen molar-refractivity contribution in [3.63, 3.8) is 0 Å². The Bertz CT molecular complexity index is 2220. The van der Waals surface area contributed by atoms with E-state index < -0.39 is 44.2 Å². The minimum absolute atomic E-state index is 0.105. The Labute approximate surface area is 330 Å². The molecule has 3 N–H and O–H groups in total. The van der Waals surface area contributed by atoms with Crippen LogP contribution in [0.25, 0.3) is 21.9 Å². The monoisotopic (exact) mass is 890 g/mol. The first-order valence-corrected chi connectivity index (χ1v) is 19.5. The number of ether oxygens (including phenoxy) is 4. The van der Waals surface area contributed by atoms with Gasteiger partial charge in [0.25, 0.3) is 0 Å². The van der Waals surface area contributed by atoms with Gasteiger partial charge in [0.05, 0.1) is 13.7 Å². The Morgan fingerprint density at radius 1 is 1.16 bits per heavy atom. The first kappa shape index (κ1) is 40.4. The van der Waals surface area contributed by atoms with Gasteiger partial charge < -0.3 is 39.4 Å². The summed E-state index contributed by atoms with van der Waals surface area (Å²) < 4.78 is 48.5. The average Bonchev–Trinajstić information content (AvgIpc) is 3.58. The van der Waals surface area contributed by atoms with Crippen LogP contribution in [0.15, 0.2) is 65.4 Å². The second-order valence-corrected chi connectivity index (χ2v) is 16.2. The number of rotatable bonds is 13. The first-order valence-electron chi connectivity index (χ1n) is 17.3. The lowest BCUT2D eigenvalue weighted by Gasteiger charge is -2.27. The van der Waals surface area contributed by atoms with Crippen LogP contribution in [0.1, 0.15) is 46.4 Å². The zero-order valence-electron chi connectivity index (χ0n) is 30.9. The second-order valence-electron chi connectivity index (χ2n) is 14.4. The Balaban J connectivity index is 1.24. The number of benzene rings is 3. The van der Waals surface area contributed by atoms with E-state index in [1.165, 1.54) is 37.7 Å². The van der Waals surface area contributed by atoms with Crippen molar-refractivity contribution in [3.8, 4) is 17.4 Å². The summed E-state index contributed by atoms with van der Waals surface area (Å²) in [6.45, 7) is 8.85. The van der Waals surface area contributed by atoms with Gasteiger partial charge in [0.2, 0.25) is 17.6 Å². The Morgan fingerprint density at radius 2 is 1.89 bits per heavy atom. The van der Waals surface area contributed by atoms with Crippen LogP contribution in [-0.4, -0.2) is 79.9 Å². The second kappa shape index (κ2) is 16.5. The number of esters is 1. The summed E-state index contributed by atoms with van der Waals surface area (Å²) in [5.74, 6) is -0.384.